The Morgan fingerprint density at radius 2 is 1.64 bits per heavy atom. The molecule has 0 radical (unpaired) electrons. The molecule has 6 heteroatoms. The van der Waals surface area contributed by atoms with Crippen molar-refractivity contribution in [3.63, 3.8) is 0 Å². The van der Waals surface area contributed by atoms with Crippen molar-refractivity contribution >= 4 is 34.7 Å². The number of fused-ring (bicyclic) bond motifs is 2. The molecule has 0 N–H and O–H groups in total. The average Bonchev–Trinajstić information content (AvgIpc) is 2.87. The van der Waals surface area contributed by atoms with Gasteiger partial charge in [-0.2, -0.15) is 0 Å². The van der Waals surface area contributed by atoms with Crippen molar-refractivity contribution in [1.82, 2.24) is 0 Å². The predicted molar refractivity (Wildman–Crippen MR) is 147 cm³/mol. The minimum Gasteiger partial charge on any atom is -0.490 e. The van der Waals surface area contributed by atoms with Gasteiger partial charge in [-0.25, -0.2) is 4.79 Å². The summed E-state index contributed by atoms with van der Waals surface area (Å²) in [7, 11) is 0. The summed E-state index contributed by atoms with van der Waals surface area (Å²) >= 11 is 1.82. The van der Waals surface area contributed by atoms with Crippen LogP contribution < -0.4 is 14.4 Å². The van der Waals surface area contributed by atoms with Gasteiger partial charge in [0.1, 0.15) is 18.1 Å². The van der Waals surface area contributed by atoms with E-state index in [0.717, 1.165) is 17.9 Å². The zero-order valence-corrected chi connectivity index (χ0v) is 22.4. The Balaban J connectivity index is 1.39. The number of esters is 1. The molecule has 1 aliphatic rings. The normalized spacial score (nSPS) is 13.0. The molecule has 0 fully saturated rings. The minimum absolute atomic E-state index is 0.320. The third-order valence-corrected chi connectivity index (χ3v) is 7.13. The highest BCUT2D eigenvalue weighted by Crippen LogP contribution is 2.48. The van der Waals surface area contributed by atoms with E-state index in [1.165, 1.54) is 26.7 Å². The molecule has 0 saturated carbocycles. The molecule has 0 aromatic heterocycles. The van der Waals surface area contributed by atoms with E-state index in [0.29, 0.717) is 19.0 Å². The number of rotatable bonds is 9. The third-order valence-electron chi connectivity index (χ3n) is 6.00. The SMILES string of the molecule is CCOC(=O)C(C)(C)Oc1ccc(OC/C=C(\C)c2ccc3c(c2)N(CC)c2ccccc2S3)cc1. The molecule has 0 atom stereocenters. The highest BCUT2D eigenvalue weighted by atomic mass is 32.2. The number of carbonyl (C=O) groups is 1. The Morgan fingerprint density at radius 1 is 0.944 bits per heavy atom. The number of allylic oxidation sites excluding steroid dienone is 1. The standard InChI is InChI=1S/C30H33NO4S/c1-6-31-25-10-8-9-11-27(25)36-28-17-12-22(20-26(28)31)21(3)18-19-34-23-13-15-24(16-14-23)35-30(4,5)29(32)33-7-2/h8-18,20H,6-7,19H2,1-5H3/b21-18+. The van der Waals surface area contributed by atoms with Crippen LogP contribution in [0.5, 0.6) is 11.5 Å². The summed E-state index contributed by atoms with van der Waals surface area (Å²) in [5, 5.41) is 0. The van der Waals surface area contributed by atoms with Crippen LogP contribution in [-0.4, -0.2) is 31.3 Å². The maximum absolute atomic E-state index is 12.0. The monoisotopic (exact) mass is 503 g/mol. The van der Waals surface area contributed by atoms with Crippen LogP contribution in [0.1, 0.15) is 40.2 Å². The topological polar surface area (TPSA) is 48.0 Å². The van der Waals surface area contributed by atoms with E-state index in [1.54, 1.807) is 32.9 Å². The summed E-state index contributed by atoms with van der Waals surface area (Å²) in [5.41, 5.74) is 3.79. The second-order valence-corrected chi connectivity index (χ2v) is 10.1. The molecule has 0 bridgehead atoms. The Morgan fingerprint density at radius 3 is 2.36 bits per heavy atom. The van der Waals surface area contributed by atoms with Gasteiger partial charge in [-0.05, 0) is 100 Å². The first-order valence-corrected chi connectivity index (χ1v) is 13.1. The summed E-state index contributed by atoms with van der Waals surface area (Å²) in [6.07, 6.45) is 2.09. The van der Waals surface area contributed by atoms with Gasteiger partial charge in [-0.3, -0.25) is 0 Å². The van der Waals surface area contributed by atoms with Gasteiger partial charge in [-0.15, -0.1) is 0 Å². The zero-order chi connectivity index (χ0) is 25.7. The summed E-state index contributed by atoms with van der Waals surface area (Å²) in [4.78, 5) is 17.0. The third kappa shape index (κ3) is 5.71. The maximum atomic E-state index is 12.0. The quantitative estimate of drug-likeness (QED) is 0.282. The van der Waals surface area contributed by atoms with E-state index in [-0.39, 0.29) is 0 Å². The molecule has 0 spiro atoms. The number of carbonyl (C=O) groups excluding carboxylic acids is 1. The molecule has 0 amide bonds. The second kappa shape index (κ2) is 11.1. The van der Waals surface area contributed by atoms with Gasteiger partial charge in [-0.1, -0.05) is 30.0 Å². The number of ether oxygens (including phenoxy) is 3. The number of nitrogens with zero attached hydrogens (tertiary/aromatic N) is 1. The van der Waals surface area contributed by atoms with Gasteiger partial charge in [0.05, 0.1) is 18.0 Å². The molecule has 0 aliphatic carbocycles. The average molecular weight is 504 g/mol. The van der Waals surface area contributed by atoms with Crippen molar-refractivity contribution in [2.24, 2.45) is 0 Å². The van der Waals surface area contributed by atoms with Crippen molar-refractivity contribution in [3.8, 4) is 11.5 Å². The first-order chi connectivity index (χ1) is 17.3. The van der Waals surface area contributed by atoms with E-state index in [4.69, 9.17) is 14.2 Å². The van der Waals surface area contributed by atoms with Crippen LogP contribution in [0.25, 0.3) is 5.57 Å². The lowest BCUT2D eigenvalue weighted by Crippen LogP contribution is -2.39. The van der Waals surface area contributed by atoms with E-state index < -0.39 is 11.6 Å². The fourth-order valence-corrected chi connectivity index (χ4v) is 5.12. The van der Waals surface area contributed by atoms with Crippen molar-refractivity contribution in [2.45, 2.75) is 50.0 Å². The molecular formula is C30H33NO4S. The maximum Gasteiger partial charge on any atom is 0.349 e. The molecule has 5 nitrogen and oxygen atoms in total. The van der Waals surface area contributed by atoms with Crippen molar-refractivity contribution in [3.05, 3.63) is 78.4 Å². The molecule has 1 aliphatic heterocycles. The number of hydrogen-bond acceptors (Lipinski definition) is 6. The molecule has 3 aromatic carbocycles. The van der Waals surface area contributed by atoms with Crippen molar-refractivity contribution in [2.75, 3.05) is 24.7 Å². The van der Waals surface area contributed by atoms with Crippen LogP contribution in [0, 0.1) is 0 Å². The largest absolute Gasteiger partial charge is 0.490 e. The molecule has 0 unspecified atom stereocenters. The van der Waals surface area contributed by atoms with Gasteiger partial charge < -0.3 is 19.1 Å². The number of anilines is 2. The van der Waals surface area contributed by atoms with E-state index >= 15 is 0 Å². The fourth-order valence-electron chi connectivity index (χ4n) is 4.04. The van der Waals surface area contributed by atoms with Gasteiger partial charge in [0.25, 0.3) is 0 Å². The lowest BCUT2D eigenvalue weighted by atomic mass is 10.1. The predicted octanol–water partition coefficient (Wildman–Crippen LogP) is 7.51. The lowest BCUT2D eigenvalue weighted by molar-refractivity contribution is -0.158. The molecule has 0 saturated heterocycles. The molecule has 3 aromatic rings. The highest BCUT2D eigenvalue weighted by molar-refractivity contribution is 7.99. The molecule has 188 valence electrons. The van der Waals surface area contributed by atoms with Crippen LogP contribution in [0.15, 0.2) is 82.6 Å². The van der Waals surface area contributed by atoms with E-state index in [1.807, 2.05) is 23.9 Å². The Bertz CT molecular complexity index is 1250. The Kier molecular flexibility index (Phi) is 7.94. The highest BCUT2D eigenvalue weighted by Gasteiger charge is 2.31. The van der Waals surface area contributed by atoms with Gasteiger partial charge in [0, 0.05) is 16.3 Å². The van der Waals surface area contributed by atoms with Crippen LogP contribution in [-0.2, 0) is 9.53 Å². The first kappa shape index (κ1) is 25.7. The number of para-hydroxylation sites is 1. The van der Waals surface area contributed by atoms with E-state index in [9.17, 15) is 4.79 Å². The number of hydrogen-bond donors (Lipinski definition) is 0. The summed E-state index contributed by atoms with van der Waals surface area (Å²) < 4.78 is 16.8. The van der Waals surface area contributed by atoms with Crippen LogP contribution in [0.2, 0.25) is 0 Å². The molecule has 1 heterocycles. The zero-order valence-electron chi connectivity index (χ0n) is 21.5. The van der Waals surface area contributed by atoms with Crippen LogP contribution in [0.4, 0.5) is 11.4 Å². The summed E-state index contributed by atoms with van der Waals surface area (Å²) in [6, 6.07) is 22.5. The minimum atomic E-state index is -1.05. The van der Waals surface area contributed by atoms with Gasteiger partial charge in [0.2, 0.25) is 0 Å². The van der Waals surface area contributed by atoms with Crippen LogP contribution >= 0.6 is 11.8 Å². The van der Waals surface area contributed by atoms with Crippen molar-refractivity contribution < 1.29 is 19.0 Å². The van der Waals surface area contributed by atoms with Gasteiger partial charge in [0.15, 0.2) is 5.60 Å². The second-order valence-electron chi connectivity index (χ2n) is 9.00. The molecular weight excluding hydrogens is 470 g/mol. The lowest BCUT2D eigenvalue weighted by Gasteiger charge is -2.32. The summed E-state index contributed by atoms with van der Waals surface area (Å²) in [5.74, 6) is 0.926. The summed E-state index contributed by atoms with van der Waals surface area (Å²) in [6.45, 7) is 11.2. The number of benzene rings is 3. The fraction of sp³-hybridized carbons (Fsp3) is 0.300. The molecule has 36 heavy (non-hydrogen) atoms. The van der Waals surface area contributed by atoms with Crippen LogP contribution in [0.3, 0.4) is 0 Å². The van der Waals surface area contributed by atoms with Gasteiger partial charge >= 0.3 is 5.97 Å². The first-order valence-electron chi connectivity index (χ1n) is 12.3. The van der Waals surface area contributed by atoms with E-state index in [2.05, 4.69) is 67.3 Å². The Labute approximate surface area is 218 Å². The van der Waals surface area contributed by atoms with Crippen molar-refractivity contribution in [1.29, 1.82) is 0 Å². The molecule has 4 rings (SSSR count). The smallest absolute Gasteiger partial charge is 0.349 e. The Hall–Kier alpha value is -3.38.